The first-order chi connectivity index (χ1) is 11.3. The van der Waals surface area contributed by atoms with Gasteiger partial charge in [0.15, 0.2) is 5.13 Å². The van der Waals surface area contributed by atoms with Gasteiger partial charge in [0, 0.05) is 50.0 Å². The summed E-state index contributed by atoms with van der Waals surface area (Å²) >= 11 is 1.66. The predicted octanol–water partition coefficient (Wildman–Crippen LogP) is 1.09. The smallest absolute Gasteiger partial charge is 0.315 e. The third kappa shape index (κ3) is 4.65. The van der Waals surface area contributed by atoms with Gasteiger partial charge in [-0.1, -0.05) is 5.21 Å². The van der Waals surface area contributed by atoms with Crippen molar-refractivity contribution in [2.45, 2.75) is 31.8 Å². The SMILES string of the molecule is O=C(NCCCn1ccnn1)NC1CCN(c2nccs2)CC1. The van der Waals surface area contributed by atoms with Crippen LogP contribution in [0.1, 0.15) is 19.3 Å². The molecule has 3 heterocycles. The molecule has 3 rings (SSSR count). The molecule has 0 spiro atoms. The Morgan fingerprint density at radius 2 is 2.22 bits per heavy atom. The molecule has 23 heavy (non-hydrogen) atoms. The summed E-state index contributed by atoms with van der Waals surface area (Å²) < 4.78 is 1.76. The molecule has 0 radical (unpaired) electrons. The number of amides is 2. The van der Waals surface area contributed by atoms with E-state index in [-0.39, 0.29) is 12.1 Å². The van der Waals surface area contributed by atoms with Crippen molar-refractivity contribution in [1.29, 1.82) is 0 Å². The van der Waals surface area contributed by atoms with Gasteiger partial charge in [0.1, 0.15) is 0 Å². The molecule has 1 fully saturated rings. The average molecular weight is 335 g/mol. The number of anilines is 1. The topological polar surface area (TPSA) is 88.0 Å². The van der Waals surface area contributed by atoms with Crippen LogP contribution in [0.2, 0.25) is 0 Å². The van der Waals surface area contributed by atoms with Gasteiger partial charge in [-0.2, -0.15) is 0 Å². The molecule has 1 aliphatic rings. The standard InChI is InChI=1S/C14H21N7OS/c22-13(15-4-1-7-21-10-5-17-19-21)18-12-2-8-20(9-3-12)14-16-6-11-23-14/h5-6,10-12H,1-4,7-9H2,(H2,15,18,22). The van der Waals surface area contributed by atoms with Gasteiger partial charge in [-0.05, 0) is 19.3 Å². The fraction of sp³-hybridized carbons (Fsp3) is 0.571. The predicted molar refractivity (Wildman–Crippen MR) is 88.5 cm³/mol. The van der Waals surface area contributed by atoms with E-state index in [1.54, 1.807) is 22.2 Å². The van der Waals surface area contributed by atoms with Gasteiger partial charge < -0.3 is 15.5 Å². The Kier molecular flexibility index (Phi) is 5.41. The highest BCUT2D eigenvalue weighted by atomic mass is 32.1. The van der Waals surface area contributed by atoms with Crippen molar-refractivity contribution < 1.29 is 4.79 Å². The third-order valence-electron chi connectivity index (χ3n) is 3.84. The van der Waals surface area contributed by atoms with Crippen molar-refractivity contribution in [2.75, 3.05) is 24.5 Å². The molecule has 2 aromatic heterocycles. The number of nitrogens with zero attached hydrogens (tertiary/aromatic N) is 5. The maximum absolute atomic E-state index is 11.9. The number of aryl methyl sites for hydroxylation is 1. The lowest BCUT2D eigenvalue weighted by molar-refractivity contribution is 0.234. The molecule has 1 aliphatic heterocycles. The van der Waals surface area contributed by atoms with Crippen LogP contribution in [0, 0.1) is 0 Å². The minimum Gasteiger partial charge on any atom is -0.348 e. The largest absolute Gasteiger partial charge is 0.348 e. The highest BCUT2D eigenvalue weighted by molar-refractivity contribution is 7.13. The van der Waals surface area contributed by atoms with Crippen LogP contribution in [-0.4, -0.2) is 51.7 Å². The molecule has 0 aliphatic carbocycles. The molecule has 0 unspecified atom stereocenters. The van der Waals surface area contributed by atoms with Crippen molar-refractivity contribution in [3.8, 4) is 0 Å². The second kappa shape index (κ2) is 7.91. The molecule has 0 saturated carbocycles. The molecular weight excluding hydrogens is 314 g/mol. The van der Waals surface area contributed by atoms with Gasteiger partial charge in [0.05, 0.1) is 6.20 Å². The summed E-state index contributed by atoms with van der Waals surface area (Å²) in [5, 5.41) is 16.6. The van der Waals surface area contributed by atoms with E-state index in [0.717, 1.165) is 44.0 Å². The summed E-state index contributed by atoms with van der Waals surface area (Å²) in [6.07, 6.45) is 8.03. The highest BCUT2D eigenvalue weighted by Gasteiger charge is 2.21. The van der Waals surface area contributed by atoms with E-state index >= 15 is 0 Å². The monoisotopic (exact) mass is 335 g/mol. The van der Waals surface area contributed by atoms with Crippen molar-refractivity contribution in [1.82, 2.24) is 30.6 Å². The number of thiazole rings is 1. The summed E-state index contributed by atoms with van der Waals surface area (Å²) in [5.74, 6) is 0. The molecule has 0 bridgehead atoms. The Morgan fingerprint density at radius 3 is 2.91 bits per heavy atom. The van der Waals surface area contributed by atoms with Gasteiger partial charge in [-0.3, -0.25) is 4.68 Å². The molecule has 2 amide bonds. The molecule has 0 aromatic carbocycles. The van der Waals surface area contributed by atoms with Crippen LogP contribution >= 0.6 is 11.3 Å². The van der Waals surface area contributed by atoms with Gasteiger partial charge >= 0.3 is 6.03 Å². The lowest BCUT2D eigenvalue weighted by atomic mass is 10.1. The molecule has 2 aromatic rings. The number of hydrogen-bond donors (Lipinski definition) is 2. The lowest BCUT2D eigenvalue weighted by Crippen LogP contribution is -2.48. The highest BCUT2D eigenvalue weighted by Crippen LogP contribution is 2.21. The Hall–Kier alpha value is -2.16. The average Bonchev–Trinajstić information content (AvgIpc) is 3.26. The number of urea groups is 1. The quantitative estimate of drug-likeness (QED) is 0.772. The van der Waals surface area contributed by atoms with E-state index in [2.05, 4.69) is 30.8 Å². The summed E-state index contributed by atoms with van der Waals surface area (Å²) in [6.45, 7) is 3.26. The van der Waals surface area contributed by atoms with Crippen molar-refractivity contribution in [2.24, 2.45) is 0 Å². The van der Waals surface area contributed by atoms with E-state index in [1.165, 1.54) is 0 Å². The van der Waals surface area contributed by atoms with Crippen LogP contribution in [-0.2, 0) is 6.54 Å². The van der Waals surface area contributed by atoms with E-state index in [9.17, 15) is 4.79 Å². The second-order valence-electron chi connectivity index (χ2n) is 5.50. The van der Waals surface area contributed by atoms with Crippen LogP contribution in [0.15, 0.2) is 24.0 Å². The molecule has 0 atom stereocenters. The van der Waals surface area contributed by atoms with E-state index in [4.69, 9.17) is 0 Å². The Labute approximate surface area is 138 Å². The maximum atomic E-state index is 11.9. The lowest BCUT2D eigenvalue weighted by Gasteiger charge is -2.32. The second-order valence-corrected chi connectivity index (χ2v) is 6.37. The van der Waals surface area contributed by atoms with Gasteiger partial charge in [0.2, 0.25) is 0 Å². The Morgan fingerprint density at radius 1 is 1.35 bits per heavy atom. The maximum Gasteiger partial charge on any atom is 0.315 e. The van der Waals surface area contributed by atoms with Gasteiger partial charge in [-0.25, -0.2) is 9.78 Å². The molecule has 124 valence electrons. The van der Waals surface area contributed by atoms with Crippen molar-refractivity contribution >= 4 is 22.5 Å². The van der Waals surface area contributed by atoms with Gasteiger partial charge in [-0.15, -0.1) is 16.4 Å². The molecule has 1 saturated heterocycles. The van der Waals surface area contributed by atoms with E-state index in [1.807, 2.05) is 17.8 Å². The van der Waals surface area contributed by atoms with Crippen molar-refractivity contribution in [3.05, 3.63) is 24.0 Å². The molecule has 8 nitrogen and oxygen atoms in total. The number of nitrogens with one attached hydrogen (secondary N) is 2. The first kappa shape index (κ1) is 15.7. The minimum absolute atomic E-state index is 0.0868. The first-order valence-electron chi connectivity index (χ1n) is 7.84. The molecule has 9 heteroatoms. The zero-order valence-corrected chi connectivity index (χ0v) is 13.7. The van der Waals surface area contributed by atoms with E-state index in [0.29, 0.717) is 6.54 Å². The Bertz CT molecular complexity index is 578. The normalized spacial score (nSPS) is 15.6. The summed E-state index contributed by atoms with van der Waals surface area (Å²) in [6, 6.07) is 0.151. The van der Waals surface area contributed by atoms with Crippen LogP contribution in [0.25, 0.3) is 0 Å². The number of rotatable bonds is 6. The Balaban J connectivity index is 1.30. The first-order valence-corrected chi connectivity index (χ1v) is 8.72. The van der Waals surface area contributed by atoms with Crippen LogP contribution in [0.5, 0.6) is 0 Å². The van der Waals surface area contributed by atoms with Crippen LogP contribution in [0.3, 0.4) is 0 Å². The third-order valence-corrected chi connectivity index (χ3v) is 4.67. The fourth-order valence-corrected chi connectivity index (χ4v) is 3.32. The summed E-state index contributed by atoms with van der Waals surface area (Å²) in [4.78, 5) is 18.5. The summed E-state index contributed by atoms with van der Waals surface area (Å²) in [5.41, 5.74) is 0. The number of aromatic nitrogens is 4. The minimum atomic E-state index is -0.0868. The van der Waals surface area contributed by atoms with Crippen LogP contribution < -0.4 is 15.5 Å². The zero-order valence-electron chi connectivity index (χ0n) is 12.9. The van der Waals surface area contributed by atoms with Gasteiger partial charge in [0.25, 0.3) is 0 Å². The number of carbonyl (C=O) groups is 1. The molecule has 2 N–H and O–H groups in total. The fourth-order valence-electron chi connectivity index (χ4n) is 2.62. The van der Waals surface area contributed by atoms with E-state index < -0.39 is 0 Å². The number of carbonyl (C=O) groups excluding carboxylic acids is 1. The summed E-state index contributed by atoms with van der Waals surface area (Å²) in [7, 11) is 0. The number of hydrogen-bond acceptors (Lipinski definition) is 6. The number of piperidine rings is 1. The van der Waals surface area contributed by atoms with Crippen molar-refractivity contribution in [3.63, 3.8) is 0 Å². The zero-order chi connectivity index (χ0) is 15.9. The molecular formula is C14H21N7OS. The van der Waals surface area contributed by atoms with Crippen LogP contribution in [0.4, 0.5) is 9.93 Å².